The molecule has 0 aliphatic heterocycles. The zero-order valence-electron chi connectivity index (χ0n) is 4.80. The second-order valence-electron chi connectivity index (χ2n) is 1.18. The Morgan fingerprint density at radius 2 is 1.30 bits per heavy atom. The summed E-state index contributed by atoms with van der Waals surface area (Å²) in [6.45, 7) is -1.30. The van der Waals surface area contributed by atoms with Gasteiger partial charge in [-0.15, -0.1) is 0 Å². The Morgan fingerprint density at radius 3 is 1.50 bits per heavy atom. The first-order chi connectivity index (χ1) is 4.52. The van der Waals surface area contributed by atoms with Gasteiger partial charge in [0.15, 0.2) is 6.29 Å². The first kappa shape index (κ1) is 11.9. The second-order valence-corrected chi connectivity index (χ2v) is 7.13. The first-order valence-corrected chi connectivity index (χ1v) is 8.23. The van der Waals surface area contributed by atoms with Crippen molar-refractivity contribution in [3.05, 3.63) is 0 Å². The predicted molar refractivity (Wildman–Crippen MR) is 48.9 cm³/mol. The van der Waals surface area contributed by atoms with E-state index in [1.807, 2.05) is 0 Å². The van der Waals surface area contributed by atoms with Gasteiger partial charge in [0.2, 0.25) is 13.7 Å². The fraction of sp³-hybridized carbons (Fsp3) is 1.00. The normalized spacial score (nSPS) is 12.0. The molecule has 0 atom stereocenters. The van der Waals surface area contributed by atoms with E-state index in [0.717, 1.165) is 0 Å². The number of hydrogen-bond acceptors (Lipinski definition) is 2. The Labute approximate surface area is 80.9 Å². The van der Waals surface area contributed by atoms with E-state index >= 15 is 0 Å². The molecule has 62 valence electrons. The van der Waals surface area contributed by atoms with Crippen LogP contribution < -0.4 is 0 Å². The molecule has 0 radical (unpaired) electrons. The molecule has 0 N–H and O–H groups in total. The van der Waals surface area contributed by atoms with Gasteiger partial charge in [-0.1, -0.05) is 0 Å². The number of hydrogen-bond donors (Lipinski definition) is 0. The third kappa shape index (κ3) is 8.04. The molecule has 2 nitrogen and oxygen atoms in total. The number of halogens is 4. The molecule has 10 heavy (non-hydrogen) atoms. The molecule has 0 saturated carbocycles. The summed E-state index contributed by atoms with van der Waals surface area (Å²) in [4.78, 5) is 0. The highest BCUT2D eigenvalue weighted by atomic mass is 35.9. The molecule has 8 heteroatoms. The van der Waals surface area contributed by atoms with Crippen LogP contribution in [0.2, 0.25) is 0 Å². The van der Waals surface area contributed by atoms with Crippen molar-refractivity contribution in [3.63, 3.8) is 0 Å². The third-order valence-electron chi connectivity index (χ3n) is 0.456. The van der Waals surface area contributed by atoms with Crippen LogP contribution in [0.4, 0.5) is 0 Å². The predicted octanol–water partition coefficient (Wildman–Crippen LogP) is 4.77. The number of rotatable bonds is 4. The van der Waals surface area contributed by atoms with Crippen molar-refractivity contribution in [3.8, 4) is 0 Å². The van der Waals surface area contributed by atoms with Crippen LogP contribution in [0.15, 0.2) is 0 Å². The highest BCUT2D eigenvalue weighted by Crippen LogP contribution is 2.53. The van der Waals surface area contributed by atoms with Crippen molar-refractivity contribution < 1.29 is 9.05 Å². The van der Waals surface area contributed by atoms with E-state index in [9.17, 15) is 0 Å². The lowest BCUT2D eigenvalue weighted by Crippen LogP contribution is -2.02. The summed E-state index contributed by atoms with van der Waals surface area (Å²) < 4.78 is 9.56. The molecular formula is C2H4Cl4O2P2. The van der Waals surface area contributed by atoms with Gasteiger partial charge in [0, 0.05) is 0 Å². The standard InChI is InChI=1S/C2H4Cl4O2P2/c1-2(7-9(3)4)8-10(5)6/h2H,1H3. The molecule has 0 saturated heterocycles. The van der Waals surface area contributed by atoms with Crippen molar-refractivity contribution >= 4 is 58.7 Å². The summed E-state index contributed by atoms with van der Waals surface area (Å²) in [6, 6.07) is 0. The minimum absolute atomic E-state index is 0.553. The summed E-state index contributed by atoms with van der Waals surface area (Å²) in [5, 5.41) is 0. The first-order valence-electron chi connectivity index (χ1n) is 2.09. The van der Waals surface area contributed by atoms with Gasteiger partial charge in [-0.3, -0.25) is 0 Å². The molecule has 0 spiro atoms. The molecule has 0 bridgehead atoms. The van der Waals surface area contributed by atoms with Gasteiger partial charge in [0.05, 0.1) is 0 Å². The summed E-state index contributed by atoms with van der Waals surface area (Å²) in [6.07, 6.45) is -0.553. The van der Waals surface area contributed by atoms with Crippen LogP contribution in [0.3, 0.4) is 0 Å². The van der Waals surface area contributed by atoms with E-state index in [0.29, 0.717) is 0 Å². The lowest BCUT2D eigenvalue weighted by atomic mass is 10.8. The van der Waals surface area contributed by atoms with Gasteiger partial charge in [-0.2, -0.15) is 0 Å². The second kappa shape index (κ2) is 6.46. The van der Waals surface area contributed by atoms with E-state index in [1.54, 1.807) is 6.92 Å². The van der Waals surface area contributed by atoms with Crippen LogP contribution in [0.25, 0.3) is 0 Å². The third-order valence-corrected chi connectivity index (χ3v) is 2.32. The molecule has 0 aliphatic rings. The van der Waals surface area contributed by atoms with Crippen LogP contribution in [-0.2, 0) is 9.05 Å². The largest absolute Gasteiger partial charge is 0.301 e. The molecule has 0 aromatic carbocycles. The SMILES string of the molecule is CC(OP(Cl)Cl)OP(Cl)Cl. The van der Waals surface area contributed by atoms with Crippen LogP contribution >= 0.6 is 58.7 Å². The Bertz CT molecular complexity index is 81.3. The maximum atomic E-state index is 5.31. The maximum Gasteiger partial charge on any atom is 0.227 e. The van der Waals surface area contributed by atoms with E-state index in [4.69, 9.17) is 54.0 Å². The van der Waals surface area contributed by atoms with E-state index < -0.39 is 20.0 Å². The van der Waals surface area contributed by atoms with Crippen LogP contribution in [0.1, 0.15) is 6.92 Å². The van der Waals surface area contributed by atoms with Crippen molar-refractivity contribution in [2.45, 2.75) is 13.2 Å². The average Bonchev–Trinajstić information content (AvgIpc) is 1.58. The molecule has 0 fully saturated rings. The van der Waals surface area contributed by atoms with Gasteiger partial charge >= 0.3 is 0 Å². The topological polar surface area (TPSA) is 18.5 Å². The van der Waals surface area contributed by atoms with Crippen LogP contribution in [0, 0.1) is 0 Å². The van der Waals surface area contributed by atoms with Crippen molar-refractivity contribution in [1.29, 1.82) is 0 Å². The van der Waals surface area contributed by atoms with Gasteiger partial charge < -0.3 is 9.05 Å². The summed E-state index contributed by atoms with van der Waals surface area (Å²) >= 11 is 21.2. The van der Waals surface area contributed by atoms with Gasteiger partial charge in [0.1, 0.15) is 0 Å². The zero-order chi connectivity index (χ0) is 8.15. The fourth-order valence-corrected chi connectivity index (χ4v) is 2.19. The Hall–Kier alpha value is 1.94. The minimum Gasteiger partial charge on any atom is -0.301 e. The Balaban J connectivity index is 3.34. The van der Waals surface area contributed by atoms with Gasteiger partial charge in [-0.05, 0) is 51.9 Å². The quantitative estimate of drug-likeness (QED) is 0.537. The monoisotopic (exact) mass is 262 g/mol. The maximum absolute atomic E-state index is 5.31. The van der Waals surface area contributed by atoms with E-state index in [-0.39, 0.29) is 0 Å². The van der Waals surface area contributed by atoms with Gasteiger partial charge in [-0.25, -0.2) is 0 Å². The smallest absolute Gasteiger partial charge is 0.227 e. The lowest BCUT2D eigenvalue weighted by Gasteiger charge is -2.12. The van der Waals surface area contributed by atoms with Crippen molar-refractivity contribution in [2.75, 3.05) is 0 Å². The average molecular weight is 264 g/mol. The Morgan fingerprint density at radius 1 is 1.00 bits per heavy atom. The lowest BCUT2D eigenvalue weighted by molar-refractivity contribution is 0.0525. The zero-order valence-corrected chi connectivity index (χ0v) is 9.61. The molecule has 0 aromatic rings. The molecule has 0 aromatic heterocycles. The molecule has 0 amide bonds. The highest BCUT2D eigenvalue weighted by molar-refractivity contribution is 8.01. The summed E-state index contributed by atoms with van der Waals surface area (Å²) in [5.74, 6) is 0. The van der Waals surface area contributed by atoms with E-state index in [2.05, 4.69) is 0 Å². The molecule has 0 rings (SSSR count). The fourth-order valence-electron chi connectivity index (χ4n) is 0.244. The van der Waals surface area contributed by atoms with E-state index in [1.165, 1.54) is 0 Å². The summed E-state index contributed by atoms with van der Waals surface area (Å²) in [7, 11) is 0. The highest BCUT2D eigenvalue weighted by Gasteiger charge is 2.11. The van der Waals surface area contributed by atoms with Crippen molar-refractivity contribution in [1.82, 2.24) is 0 Å². The minimum atomic E-state index is -1.46. The van der Waals surface area contributed by atoms with Crippen LogP contribution in [-0.4, -0.2) is 6.29 Å². The molecule has 0 unspecified atom stereocenters. The van der Waals surface area contributed by atoms with Crippen molar-refractivity contribution in [2.24, 2.45) is 0 Å². The molecule has 0 heterocycles. The Kier molecular flexibility index (Phi) is 7.71. The van der Waals surface area contributed by atoms with Gasteiger partial charge in [0.25, 0.3) is 0 Å². The van der Waals surface area contributed by atoms with Crippen LogP contribution in [0.5, 0.6) is 0 Å². The molecular weight excluding hydrogens is 260 g/mol. The molecule has 0 aliphatic carbocycles. The summed E-state index contributed by atoms with van der Waals surface area (Å²) in [5.41, 5.74) is 0.